The molecule has 0 aliphatic carbocycles. The maximum atomic E-state index is 13.1. The fourth-order valence-electron chi connectivity index (χ4n) is 1.03. The van der Waals surface area contributed by atoms with Gasteiger partial charge in [0.2, 0.25) is 0 Å². The lowest BCUT2D eigenvalue weighted by Gasteiger charge is -2.12. The van der Waals surface area contributed by atoms with Gasteiger partial charge in [-0.15, -0.1) is 0 Å². The molecule has 1 aromatic carbocycles. The smallest absolute Gasteiger partial charge is 0.186 e. The van der Waals surface area contributed by atoms with Gasteiger partial charge in [0.05, 0.1) is 5.69 Å². The average Bonchev–Trinajstić information content (AvgIpc) is 2.10. The van der Waals surface area contributed by atoms with Gasteiger partial charge in [-0.2, -0.15) is 0 Å². The quantitative estimate of drug-likeness (QED) is 0.573. The van der Waals surface area contributed by atoms with E-state index in [1.54, 1.807) is 13.8 Å². The molecule has 0 aromatic heterocycles. The van der Waals surface area contributed by atoms with E-state index in [4.69, 9.17) is 5.73 Å². The van der Waals surface area contributed by atoms with Crippen LogP contribution in [0.1, 0.15) is 13.8 Å². The van der Waals surface area contributed by atoms with Crippen LogP contribution in [0.25, 0.3) is 0 Å². The van der Waals surface area contributed by atoms with Crippen molar-refractivity contribution in [3.05, 3.63) is 23.5 Å². The van der Waals surface area contributed by atoms with E-state index in [0.717, 1.165) is 6.07 Å². The SMILES string of the molecule is CC(C)Nc1cc(F)c(N)c(F)c1F. The lowest BCUT2D eigenvalue weighted by Crippen LogP contribution is -2.13. The Kier molecular flexibility index (Phi) is 2.88. The van der Waals surface area contributed by atoms with Gasteiger partial charge in [-0.05, 0) is 13.8 Å². The standard InChI is InChI=1S/C9H11F3N2/c1-4(2)14-6-3-5(10)9(13)8(12)7(6)11/h3-4,14H,13H2,1-2H3. The summed E-state index contributed by atoms with van der Waals surface area (Å²) in [6.45, 7) is 3.46. The Morgan fingerprint density at radius 2 is 1.79 bits per heavy atom. The topological polar surface area (TPSA) is 38.0 Å². The molecule has 0 radical (unpaired) electrons. The molecule has 0 heterocycles. The Balaban J connectivity index is 3.19. The maximum absolute atomic E-state index is 13.1. The molecular weight excluding hydrogens is 193 g/mol. The van der Waals surface area contributed by atoms with Gasteiger partial charge in [0.15, 0.2) is 17.5 Å². The number of hydrogen-bond acceptors (Lipinski definition) is 2. The van der Waals surface area contributed by atoms with Gasteiger partial charge in [0, 0.05) is 12.1 Å². The molecule has 0 unspecified atom stereocenters. The van der Waals surface area contributed by atoms with Crippen molar-refractivity contribution in [2.45, 2.75) is 19.9 Å². The summed E-state index contributed by atoms with van der Waals surface area (Å²) in [6.07, 6.45) is 0. The third-order valence-corrected chi connectivity index (χ3v) is 1.64. The Morgan fingerprint density at radius 3 is 2.29 bits per heavy atom. The second kappa shape index (κ2) is 3.77. The van der Waals surface area contributed by atoms with E-state index in [2.05, 4.69) is 5.32 Å². The molecule has 14 heavy (non-hydrogen) atoms. The number of benzene rings is 1. The van der Waals surface area contributed by atoms with Crippen LogP contribution in [-0.4, -0.2) is 6.04 Å². The van der Waals surface area contributed by atoms with Gasteiger partial charge in [0.1, 0.15) is 5.69 Å². The molecule has 1 rings (SSSR count). The van der Waals surface area contributed by atoms with Gasteiger partial charge in [-0.3, -0.25) is 0 Å². The van der Waals surface area contributed by atoms with E-state index in [-0.39, 0.29) is 11.7 Å². The summed E-state index contributed by atoms with van der Waals surface area (Å²) in [5.74, 6) is -3.47. The van der Waals surface area contributed by atoms with Crippen LogP contribution in [-0.2, 0) is 0 Å². The van der Waals surface area contributed by atoms with Crippen LogP contribution >= 0.6 is 0 Å². The summed E-state index contributed by atoms with van der Waals surface area (Å²) in [4.78, 5) is 0. The number of halogens is 3. The van der Waals surface area contributed by atoms with E-state index in [0.29, 0.717) is 0 Å². The fraction of sp³-hybridized carbons (Fsp3) is 0.333. The summed E-state index contributed by atoms with van der Waals surface area (Å²) < 4.78 is 38.9. The minimum Gasteiger partial charge on any atom is -0.394 e. The van der Waals surface area contributed by atoms with Crippen molar-refractivity contribution in [3.63, 3.8) is 0 Å². The first-order valence-electron chi connectivity index (χ1n) is 4.13. The lowest BCUT2D eigenvalue weighted by atomic mass is 10.2. The van der Waals surface area contributed by atoms with Crippen molar-refractivity contribution in [1.29, 1.82) is 0 Å². The van der Waals surface area contributed by atoms with E-state index in [1.807, 2.05) is 0 Å². The minimum absolute atomic E-state index is 0.119. The minimum atomic E-state index is -1.35. The Labute approximate surface area is 79.9 Å². The molecule has 0 saturated heterocycles. The summed E-state index contributed by atoms with van der Waals surface area (Å²) >= 11 is 0. The molecule has 0 fully saturated rings. The average molecular weight is 204 g/mol. The van der Waals surface area contributed by atoms with Crippen LogP contribution in [0.15, 0.2) is 6.07 Å². The number of rotatable bonds is 2. The van der Waals surface area contributed by atoms with E-state index in [9.17, 15) is 13.2 Å². The second-order valence-corrected chi connectivity index (χ2v) is 3.25. The van der Waals surface area contributed by atoms with Crippen molar-refractivity contribution < 1.29 is 13.2 Å². The van der Waals surface area contributed by atoms with E-state index in [1.165, 1.54) is 0 Å². The van der Waals surface area contributed by atoms with Crippen LogP contribution in [0, 0.1) is 17.5 Å². The number of nitrogen functional groups attached to an aromatic ring is 1. The van der Waals surface area contributed by atoms with Gasteiger partial charge in [-0.25, -0.2) is 13.2 Å². The molecule has 0 bridgehead atoms. The second-order valence-electron chi connectivity index (χ2n) is 3.25. The number of hydrogen-bond donors (Lipinski definition) is 2. The molecule has 78 valence electrons. The molecule has 2 nitrogen and oxygen atoms in total. The number of nitrogens with one attached hydrogen (secondary N) is 1. The first-order valence-corrected chi connectivity index (χ1v) is 4.13. The summed E-state index contributed by atoms with van der Waals surface area (Å²) in [6, 6.07) is 0.722. The molecule has 0 spiro atoms. The predicted molar refractivity (Wildman–Crippen MR) is 49.5 cm³/mol. The molecule has 0 aliphatic heterocycles. The number of anilines is 2. The van der Waals surface area contributed by atoms with Crippen molar-refractivity contribution in [2.24, 2.45) is 0 Å². The molecule has 3 N–H and O–H groups in total. The maximum Gasteiger partial charge on any atom is 0.186 e. The van der Waals surface area contributed by atoms with Crippen molar-refractivity contribution in [2.75, 3.05) is 11.1 Å². The van der Waals surface area contributed by atoms with Gasteiger partial charge in [-0.1, -0.05) is 0 Å². The van der Waals surface area contributed by atoms with Crippen LogP contribution < -0.4 is 11.1 Å². The Hall–Kier alpha value is -1.39. The first kappa shape index (κ1) is 10.7. The molecule has 5 heteroatoms. The third kappa shape index (κ3) is 1.92. The monoisotopic (exact) mass is 204 g/mol. The molecule has 1 aromatic rings. The highest BCUT2D eigenvalue weighted by molar-refractivity contribution is 5.55. The van der Waals surface area contributed by atoms with Crippen LogP contribution in [0.2, 0.25) is 0 Å². The predicted octanol–water partition coefficient (Wildman–Crippen LogP) is 2.51. The van der Waals surface area contributed by atoms with Crippen LogP contribution in [0.4, 0.5) is 24.5 Å². The van der Waals surface area contributed by atoms with Crippen molar-refractivity contribution in [1.82, 2.24) is 0 Å². The molecular formula is C9H11F3N2. The zero-order chi connectivity index (χ0) is 10.9. The highest BCUT2D eigenvalue weighted by Gasteiger charge is 2.16. The zero-order valence-corrected chi connectivity index (χ0v) is 7.87. The fourth-order valence-corrected chi connectivity index (χ4v) is 1.03. The molecule has 0 saturated carbocycles. The molecule has 0 atom stereocenters. The lowest BCUT2D eigenvalue weighted by molar-refractivity contribution is 0.502. The highest BCUT2D eigenvalue weighted by atomic mass is 19.2. The van der Waals surface area contributed by atoms with Gasteiger partial charge >= 0.3 is 0 Å². The van der Waals surface area contributed by atoms with E-state index >= 15 is 0 Å². The van der Waals surface area contributed by atoms with Crippen LogP contribution in [0.3, 0.4) is 0 Å². The summed E-state index contributed by atoms with van der Waals surface area (Å²) in [5, 5.41) is 2.57. The van der Waals surface area contributed by atoms with Crippen molar-refractivity contribution in [3.8, 4) is 0 Å². The van der Waals surface area contributed by atoms with Crippen LogP contribution in [0.5, 0.6) is 0 Å². The van der Waals surface area contributed by atoms with Gasteiger partial charge in [0.25, 0.3) is 0 Å². The highest BCUT2D eigenvalue weighted by Crippen LogP contribution is 2.25. The summed E-state index contributed by atoms with van der Waals surface area (Å²) in [7, 11) is 0. The largest absolute Gasteiger partial charge is 0.394 e. The molecule has 0 amide bonds. The normalized spacial score (nSPS) is 10.7. The van der Waals surface area contributed by atoms with Crippen molar-refractivity contribution >= 4 is 11.4 Å². The summed E-state index contributed by atoms with van der Waals surface area (Å²) in [5.41, 5.74) is 3.95. The Morgan fingerprint density at radius 1 is 1.21 bits per heavy atom. The molecule has 0 aliphatic rings. The van der Waals surface area contributed by atoms with Gasteiger partial charge < -0.3 is 11.1 Å². The zero-order valence-electron chi connectivity index (χ0n) is 7.87. The van der Waals surface area contributed by atoms with E-state index < -0.39 is 23.1 Å². The first-order chi connectivity index (χ1) is 6.43. The number of nitrogens with two attached hydrogens (primary N) is 1. The third-order valence-electron chi connectivity index (χ3n) is 1.64. The Bertz CT molecular complexity index is 350.